The van der Waals surface area contributed by atoms with Gasteiger partial charge in [0.2, 0.25) is 0 Å². The van der Waals surface area contributed by atoms with Crippen LogP contribution in [0.1, 0.15) is 13.3 Å². The number of hydrogen-bond donors (Lipinski definition) is 1. The Morgan fingerprint density at radius 3 is 2.39 bits per heavy atom. The highest BCUT2D eigenvalue weighted by molar-refractivity contribution is 5.78. The molecule has 0 saturated carbocycles. The van der Waals surface area contributed by atoms with Crippen LogP contribution < -0.4 is 5.32 Å². The molecule has 0 aliphatic heterocycles. The van der Waals surface area contributed by atoms with Crippen LogP contribution in [-0.4, -0.2) is 6.04 Å². The monoisotopic (exact) mass is 236 g/mol. The fraction of sp³-hybridized carbons (Fsp3) is 0.188. The van der Waals surface area contributed by atoms with Crippen LogP contribution >= 0.6 is 0 Å². The number of hydrogen-bond acceptors (Lipinski definition) is 2. The summed E-state index contributed by atoms with van der Waals surface area (Å²) in [5.41, 5.74) is 3.30. The zero-order chi connectivity index (χ0) is 12.8. The summed E-state index contributed by atoms with van der Waals surface area (Å²) in [5.74, 6) is 0. The lowest BCUT2D eigenvalue weighted by atomic mass is 10.0. The maximum Gasteiger partial charge on any atom is 0.114 e. The number of nitrogens with zero attached hydrogens (tertiary/aromatic N) is 1. The van der Waals surface area contributed by atoms with Crippen LogP contribution in [0, 0.1) is 11.3 Å². The molecule has 0 spiro atoms. The van der Waals surface area contributed by atoms with Crippen molar-refractivity contribution < 1.29 is 0 Å². The van der Waals surface area contributed by atoms with Gasteiger partial charge in [0.05, 0.1) is 6.07 Å². The summed E-state index contributed by atoms with van der Waals surface area (Å²) in [6, 6.07) is 20.4. The standard InChI is InChI=1S/C16H16N2/c1-2-14(12-17)18-16-11-7-6-10-15(16)13-8-4-3-5-9-13/h3-11,14,18H,2H2,1H3. The highest BCUT2D eigenvalue weighted by atomic mass is 14.9. The van der Waals surface area contributed by atoms with Crippen molar-refractivity contribution in [2.75, 3.05) is 5.32 Å². The highest BCUT2D eigenvalue weighted by Gasteiger charge is 2.08. The molecule has 2 aromatic rings. The zero-order valence-corrected chi connectivity index (χ0v) is 10.4. The summed E-state index contributed by atoms with van der Waals surface area (Å²) in [4.78, 5) is 0. The molecule has 18 heavy (non-hydrogen) atoms. The summed E-state index contributed by atoms with van der Waals surface area (Å²) in [5, 5.41) is 12.3. The largest absolute Gasteiger partial charge is 0.369 e. The van der Waals surface area contributed by atoms with E-state index in [9.17, 15) is 0 Å². The molecule has 0 amide bonds. The zero-order valence-electron chi connectivity index (χ0n) is 10.4. The molecule has 0 aromatic heterocycles. The van der Waals surface area contributed by atoms with Gasteiger partial charge in [-0.25, -0.2) is 0 Å². The first-order valence-electron chi connectivity index (χ1n) is 6.15. The lowest BCUT2D eigenvalue weighted by molar-refractivity contribution is 0.846. The molecule has 1 atom stereocenters. The summed E-state index contributed by atoms with van der Waals surface area (Å²) in [7, 11) is 0. The van der Waals surface area contributed by atoms with Gasteiger partial charge >= 0.3 is 0 Å². The predicted molar refractivity (Wildman–Crippen MR) is 75.2 cm³/mol. The van der Waals surface area contributed by atoms with E-state index in [0.717, 1.165) is 23.2 Å². The molecule has 2 heteroatoms. The molecular formula is C16H16N2. The van der Waals surface area contributed by atoms with Crippen LogP contribution in [0.15, 0.2) is 54.6 Å². The summed E-state index contributed by atoms with van der Waals surface area (Å²) < 4.78 is 0. The van der Waals surface area contributed by atoms with Crippen molar-refractivity contribution in [2.45, 2.75) is 19.4 Å². The van der Waals surface area contributed by atoms with E-state index in [1.807, 2.05) is 43.3 Å². The Hall–Kier alpha value is -2.27. The lowest BCUT2D eigenvalue weighted by Crippen LogP contribution is -2.16. The van der Waals surface area contributed by atoms with Gasteiger partial charge in [-0.15, -0.1) is 0 Å². The van der Waals surface area contributed by atoms with E-state index in [2.05, 4.69) is 29.6 Å². The smallest absolute Gasteiger partial charge is 0.114 e. The average Bonchev–Trinajstić information content (AvgIpc) is 2.46. The fourth-order valence-electron chi connectivity index (χ4n) is 1.89. The molecule has 90 valence electrons. The van der Waals surface area contributed by atoms with E-state index in [1.165, 1.54) is 0 Å². The Labute approximate surface area is 108 Å². The number of benzene rings is 2. The third-order valence-electron chi connectivity index (χ3n) is 2.91. The van der Waals surface area contributed by atoms with Crippen molar-refractivity contribution in [2.24, 2.45) is 0 Å². The van der Waals surface area contributed by atoms with Gasteiger partial charge in [-0.05, 0) is 18.1 Å². The Balaban J connectivity index is 2.35. The minimum Gasteiger partial charge on any atom is -0.369 e. The van der Waals surface area contributed by atoms with E-state index in [0.29, 0.717) is 0 Å². The van der Waals surface area contributed by atoms with Crippen molar-refractivity contribution in [3.63, 3.8) is 0 Å². The van der Waals surface area contributed by atoms with Crippen molar-refractivity contribution in [3.05, 3.63) is 54.6 Å². The normalized spacial score (nSPS) is 11.6. The molecule has 2 rings (SSSR count). The molecule has 1 unspecified atom stereocenters. The Kier molecular flexibility index (Phi) is 3.98. The third-order valence-corrected chi connectivity index (χ3v) is 2.91. The van der Waals surface area contributed by atoms with Crippen molar-refractivity contribution in [1.82, 2.24) is 0 Å². The molecule has 0 aliphatic carbocycles. The van der Waals surface area contributed by atoms with Crippen molar-refractivity contribution >= 4 is 5.69 Å². The molecule has 0 fully saturated rings. The lowest BCUT2D eigenvalue weighted by Gasteiger charge is -2.15. The molecule has 2 aromatic carbocycles. The van der Waals surface area contributed by atoms with Gasteiger partial charge in [0.15, 0.2) is 0 Å². The first-order valence-corrected chi connectivity index (χ1v) is 6.15. The number of para-hydroxylation sites is 1. The predicted octanol–water partition coefficient (Wildman–Crippen LogP) is 4.07. The average molecular weight is 236 g/mol. The SMILES string of the molecule is CCC(C#N)Nc1ccccc1-c1ccccc1. The quantitative estimate of drug-likeness (QED) is 0.868. The van der Waals surface area contributed by atoms with Gasteiger partial charge in [0.25, 0.3) is 0 Å². The molecule has 1 N–H and O–H groups in total. The van der Waals surface area contributed by atoms with Crippen LogP contribution in [0.3, 0.4) is 0 Å². The van der Waals surface area contributed by atoms with Crippen LogP contribution in [-0.2, 0) is 0 Å². The number of nitriles is 1. The third kappa shape index (κ3) is 2.70. The summed E-state index contributed by atoms with van der Waals surface area (Å²) >= 11 is 0. The van der Waals surface area contributed by atoms with Crippen molar-refractivity contribution in [1.29, 1.82) is 5.26 Å². The van der Waals surface area contributed by atoms with Crippen LogP contribution in [0.2, 0.25) is 0 Å². The summed E-state index contributed by atoms with van der Waals surface area (Å²) in [6.45, 7) is 2.01. The topological polar surface area (TPSA) is 35.8 Å². The minimum atomic E-state index is -0.144. The van der Waals surface area contributed by atoms with Gasteiger partial charge in [0.1, 0.15) is 6.04 Å². The van der Waals surface area contributed by atoms with Crippen LogP contribution in [0.25, 0.3) is 11.1 Å². The Bertz CT molecular complexity index is 541. The van der Waals surface area contributed by atoms with Crippen molar-refractivity contribution in [3.8, 4) is 17.2 Å². The first kappa shape index (κ1) is 12.2. The van der Waals surface area contributed by atoms with Gasteiger partial charge in [-0.3, -0.25) is 0 Å². The van der Waals surface area contributed by atoms with Crippen LogP contribution in [0.4, 0.5) is 5.69 Å². The minimum absolute atomic E-state index is 0.144. The van der Waals surface area contributed by atoms with Gasteiger partial charge in [-0.2, -0.15) is 5.26 Å². The maximum absolute atomic E-state index is 9.04. The van der Waals surface area contributed by atoms with Crippen LogP contribution in [0.5, 0.6) is 0 Å². The highest BCUT2D eigenvalue weighted by Crippen LogP contribution is 2.28. The second-order valence-corrected chi connectivity index (χ2v) is 4.15. The van der Waals surface area contributed by atoms with E-state index in [1.54, 1.807) is 0 Å². The molecule has 0 saturated heterocycles. The Morgan fingerprint density at radius 1 is 1.06 bits per heavy atom. The second kappa shape index (κ2) is 5.88. The second-order valence-electron chi connectivity index (χ2n) is 4.15. The molecule has 0 aliphatic rings. The maximum atomic E-state index is 9.04. The van der Waals surface area contributed by atoms with E-state index >= 15 is 0 Å². The first-order chi connectivity index (χ1) is 8.85. The van der Waals surface area contributed by atoms with E-state index in [4.69, 9.17) is 5.26 Å². The molecular weight excluding hydrogens is 220 g/mol. The van der Waals surface area contributed by atoms with Gasteiger partial charge in [-0.1, -0.05) is 55.5 Å². The van der Waals surface area contributed by atoms with E-state index < -0.39 is 0 Å². The molecule has 0 bridgehead atoms. The number of nitrogens with one attached hydrogen (secondary N) is 1. The molecule has 2 nitrogen and oxygen atoms in total. The van der Waals surface area contributed by atoms with Gasteiger partial charge < -0.3 is 5.32 Å². The molecule has 0 heterocycles. The Morgan fingerprint density at radius 2 is 1.72 bits per heavy atom. The fourth-order valence-corrected chi connectivity index (χ4v) is 1.89. The number of anilines is 1. The van der Waals surface area contributed by atoms with Gasteiger partial charge in [0, 0.05) is 11.3 Å². The number of rotatable bonds is 4. The molecule has 0 radical (unpaired) electrons. The summed E-state index contributed by atoms with van der Waals surface area (Å²) in [6.07, 6.45) is 0.791. The van der Waals surface area contributed by atoms with E-state index in [-0.39, 0.29) is 6.04 Å².